The Bertz CT molecular complexity index is 468. The van der Waals surface area contributed by atoms with Gasteiger partial charge >= 0.3 is 12.1 Å². The first-order valence-corrected chi connectivity index (χ1v) is 7.30. The molecule has 0 saturated heterocycles. The summed E-state index contributed by atoms with van der Waals surface area (Å²) in [7, 11) is 0. The van der Waals surface area contributed by atoms with Gasteiger partial charge in [0.25, 0.3) is 0 Å². The highest BCUT2D eigenvalue weighted by molar-refractivity contribution is 5.73. The van der Waals surface area contributed by atoms with Crippen LogP contribution in [0.25, 0.3) is 0 Å². The Morgan fingerprint density at radius 1 is 1.19 bits per heavy atom. The molecule has 1 fully saturated rings. The van der Waals surface area contributed by atoms with Crippen molar-refractivity contribution in [2.75, 3.05) is 13.2 Å². The second-order valence-electron chi connectivity index (χ2n) is 5.23. The van der Waals surface area contributed by atoms with E-state index < -0.39 is 6.09 Å². The Hall–Kier alpha value is -2.04. The van der Waals surface area contributed by atoms with Crippen LogP contribution in [0.15, 0.2) is 30.3 Å². The molecule has 1 aliphatic rings. The standard InChI is InChI=1S/C16H21NO4/c1-2-20-15(18)14-8-13(9-14)10-17-16(19)21-11-12-6-4-3-5-7-12/h3-7,13-14H,2,8-11H2,1H3,(H,17,19). The van der Waals surface area contributed by atoms with Gasteiger partial charge in [0.2, 0.25) is 0 Å². The lowest BCUT2D eigenvalue weighted by molar-refractivity contribution is -0.152. The number of benzene rings is 1. The maximum absolute atomic E-state index is 11.6. The van der Waals surface area contributed by atoms with Gasteiger partial charge in [-0.25, -0.2) is 4.79 Å². The fourth-order valence-corrected chi connectivity index (χ4v) is 2.36. The molecule has 0 heterocycles. The molecular formula is C16H21NO4. The monoisotopic (exact) mass is 291 g/mol. The second-order valence-corrected chi connectivity index (χ2v) is 5.23. The smallest absolute Gasteiger partial charge is 0.407 e. The number of carbonyl (C=O) groups is 2. The summed E-state index contributed by atoms with van der Waals surface area (Å²) in [5.74, 6) is 0.209. The Balaban J connectivity index is 1.57. The lowest BCUT2D eigenvalue weighted by atomic mass is 9.75. The summed E-state index contributed by atoms with van der Waals surface area (Å²) in [5.41, 5.74) is 0.957. The summed E-state index contributed by atoms with van der Waals surface area (Å²) in [5, 5.41) is 2.73. The second kappa shape index (κ2) is 7.67. The molecule has 0 aromatic heterocycles. The van der Waals surface area contributed by atoms with E-state index in [1.165, 1.54) is 0 Å². The van der Waals surface area contributed by atoms with E-state index in [-0.39, 0.29) is 18.5 Å². The predicted octanol–water partition coefficient (Wildman–Crippen LogP) is 2.50. The van der Waals surface area contributed by atoms with Crippen molar-refractivity contribution in [2.45, 2.75) is 26.4 Å². The maximum atomic E-state index is 11.6. The maximum Gasteiger partial charge on any atom is 0.407 e. The van der Waals surface area contributed by atoms with Crippen LogP contribution in [-0.2, 0) is 20.9 Å². The van der Waals surface area contributed by atoms with Crippen molar-refractivity contribution in [3.05, 3.63) is 35.9 Å². The van der Waals surface area contributed by atoms with Gasteiger partial charge in [-0.1, -0.05) is 30.3 Å². The zero-order chi connectivity index (χ0) is 15.1. The molecule has 0 bridgehead atoms. The number of ether oxygens (including phenoxy) is 2. The number of nitrogens with one attached hydrogen (secondary N) is 1. The van der Waals surface area contributed by atoms with Crippen molar-refractivity contribution in [1.82, 2.24) is 5.32 Å². The SMILES string of the molecule is CCOC(=O)C1CC(CNC(=O)OCc2ccccc2)C1. The lowest BCUT2D eigenvalue weighted by Crippen LogP contribution is -2.39. The van der Waals surface area contributed by atoms with Crippen molar-refractivity contribution in [2.24, 2.45) is 11.8 Å². The molecule has 1 saturated carbocycles. The van der Waals surface area contributed by atoms with E-state index in [4.69, 9.17) is 9.47 Å². The number of carbonyl (C=O) groups excluding carboxylic acids is 2. The number of hydrogen-bond acceptors (Lipinski definition) is 4. The van der Waals surface area contributed by atoms with E-state index in [1.54, 1.807) is 6.92 Å². The first-order valence-electron chi connectivity index (χ1n) is 7.30. The molecule has 2 rings (SSSR count). The van der Waals surface area contributed by atoms with Crippen molar-refractivity contribution < 1.29 is 19.1 Å². The zero-order valence-corrected chi connectivity index (χ0v) is 12.2. The number of hydrogen-bond donors (Lipinski definition) is 1. The van der Waals surface area contributed by atoms with Crippen LogP contribution in [0.1, 0.15) is 25.3 Å². The van der Waals surface area contributed by atoms with Gasteiger partial charge < -0.3 is 14.8 Å². The summed E-state index contributed by atoms with van der Waals surface area (Å²) >= 11 is 0. The number of alkyl carbamates (subject to hydrolysis) is 1. The molecule has 5 nitrogen and oxygen atoms in total. The van der Waals surface area contributed by atoms with Crippen LogP contribution in [0.5, 0.6) is 0 Å². The summed E-state index contributed by atoms with van der Waals surface area (Å²) in [4.78, 5) is 23.0. The highest BCUT2D eigenvalue weighted by Gasteiger charge is 2.35. The molecule has 21 heavy (non-hydrogen) atoms. The van der Waals surface area contributed by atoms with E-state index in [2.05, 4.69) is 5.32 Å². The van der Waals surface area contributed by atoms with Gasteiger partial charge in [-0.2, -0.15) is 0 Å². The van der Waals surface area contributed by atoms with E-state index >= 15 is 0 Å². The fraction of sp³-hybridized carbons (Fsp3) is 0.500. The Kier molecular flexibility index (Phi) is 5.60. The van der Waals surface area contributed by atoms with Gasteiger partial charge in [0, 0.05) is 6.54 Å². The molecule has 114 valence electrons. The molecule has 1 aliphatic carbocycles. The van der Waals surface area contributed by atoms with Crippen molar-refractivity contribution in [3.63, 3.8) is 0 Å². The summed E-state index contributed by atoms with van der Waals surface area (Å²) < 4.78 is 10.1. The normalized spacial score (nSPS) is 20.2. The molecule has 0 radical (unpaired) electrons. The minimum Gasteiger partial charge on any atom is -0.466 e. The average molecular weight is 291 g/mol. The number of esters is 1. The van der Waals surface area contributed by atoms with Crippen LogP contribution >= 0.6 is 0 Å². The highest BCUT2D eigenvalue weighted by Crippen LogP contribution is 2.34. The number of amides is 1. The van der Waals surface area contributed by atoms with Gasteiger partial charge in [-0.3, -0.25) is 4.79 Å². The van der Waals surface area contributed by atoms with E-state index in [0.717, 1.165) is 18.4 Å². The van der Waals surface area contributed by atoms with Crippen LogP contribution < -0.4 is 5.32 Å². The molecule has 0 unspecified atom stereocenters. The molecule has 0 spiro atoms. The van der Waals surface area contributed by atoms with Crippen molar-refractivity contribution in [3.8, 4) is 0 Å². The lowest BCUT2D eigenvalue weighted by Gasteiger charge is -2.33. The third-order valence-electron chi connectivity index (χ3n) is 3.60. The van der Waals surface area contributed by atoms with Gasteiger partial charge in [0.15, 0.2) is 0 Å². The van der Waals surface area contributed by atoms with Crippen molar-refractivity contribution >= 4 is 12.1 Å². The van der Waals surface area contributed by atoms with Crippen LogP contribution in [0.3, 0.4) is 0 Å². The van der Waals surface area contributed by atoms with Crippen LogP contribution in [0, 0.1) is 11.8 Å². The first-order chi connectivity index (χ1) is 10.2. The molecule has 1 aromatic carbocycles. The van der Waals surface area contributed by atoms with Crippen molar-refractivity contribution in [1.29, 1.82) is 0 Å². The number of rotatable bonds is 6. The van der Waals surface area contributed by atoms with Crippen LogP contribution in [0.4, 0.5) is 4.79 Å². The highest BCUT2D eigenvalue weighted by atomic mass is 16.5. The minimum absolute atomic E-state index is 0.00270. The predicted molar refractivity (Wildman–Crippen MR) is 77.5 cm³/mol. The van der Waals surface area contributed by atoms with Crippen LogP contribution in [0.2, 0.25) is 0 Å². The van der Waals surface area contributed by atoms with Gasteiger partial charge in [0.1, 0.15) is 6.61 Å². The van der Waals surface area contributed by atoms with Gasteiger partial charge in [-0.15, -0.1) is 0 Å². The molecular weight excluding hydrogens is 270 g/mol. The summed E-state index contributed by atoms with van der Waals surface area (Å²) in [6, 6.07) is 9.54. The Labute approximate surface area is 124 Å². The quantitative estimate of drug-likeness (QED) is 0.818. The molecule has 1 amide bonds. The van der Waals surface area contributed by atoms with Gasteiger partial charge in [-0.05, 0) is 31.2 Å². The molecule has 1 N–H and O–H groups in total. The third kappa shape index (κ3) is 4.77. The minimum atomic E-state index is -0.418. The van der Waals surface area contributed by atoms with E-state index in [1.807, 2.05) is 30.3 Å². The topological polar surface area (TPSA) is 64.6 Å². The van der Waals surface area contributed by atoms with E-state index in [9.17, 15) is 9.59 Å². The van der Waals surface area contributed by atoms with Gasteiger partial charge in [0.05, 0.1) is 12.5 Å². The largest absolute Gasteiger partial charge is 0.466 e. The Morgan fingerprint density at radius 3 is 2.57 bits per heavy atom. The summed E-state index contributed by atoms with van der Waals surface area (Å²) in [6.07, 6.45) is 1.13. The average Bonchev–Trinajstić information content (AvgIpc) is 2.45. The fourth-order valence-electron chi connectivity index (χ4n) is 2.36. The molecule has 0 atom stereocenters. The first kappa shape index (κ1) is 15.4. The Morgan fingerprint density at radius 2 is 1.90 bits per heavy atom. The molecule has 1 aromatic rings. The summed E-state index contributed by atoms with van der Waals surface area (Å²) in [6.45, 7) is 3.04. The van der Waals surface area contributed by atoms with Crippen LogP contribution in [-0.4, -0.2) is 25.2 Å². The van der Waals surface area contributed by atoms with E-state index in [0.29, 0.717) is 19.1 Å². The molecule has 0 aliphatic heterocycles. The zero-order valence-electron chi connectivity index (χ0n) is 12.2. The molecule has 5 heteroatoms. The third-order valence-corrected chi connectivity index (χ3v) is 3.60.